The van der Waals surface area contributed by atoms with E-state index in [0.717, 1.165) is 19.3 Å². The monoisotopic (exact) mass is 322 g/mol. The molecule has 0 saturated carbocycles. The summed E-state index contributed by atoms with van der Waals surface area (Å²) < 4.78 is 5.93. The van der Waals surface area contributed by atoms with Gasteiger partial charge in [0.05, 0.1) is 22.9 Å². The first-order chi connectivity index (χ1) is 10.5. The number of ether oxygens (including phenoxy) is 1. The predicted octanol–water partition coefficient (Wildman–Crippen LogP) is 3.99. The summed E-state index contributed by atoms with van der Waals surface area (Å²) in [5.41, 5.74) is -1.74. The largest absolute Gasteiger partial charge is 0.386 e. The molecular weight excluding hydrogens is 288 g/mol. The molecule has 3 nitrogen and oxygen atoms in total. The van der Waals surface area contributed by atoms with Crippen LogP contribution in [-0.2, 0) is 4.74 Å². The Labute approximate surface area is 141 Å². The van der Waals surface area contributed by atoms with E-state index in [1.807, 2.05) is 32.1 Å². The van der Waals surface area contributed by atoms with Gasteiger partial charge in [0.2, 0.25) is 0 Å². The predicted molar refractivity (Wildman–Crippen MR) is 94.2 cm³/mol. The Morgan fingerprint density at radius 3 is 2.35 bits per heavy atom. The Hall–Kier alpha value is -0.640. The van der Waals surface area contributed by atoms with Crippen LogP contribution in [0.5, 0.6) is 0 Å². The number of hydrogen-bond acceptors (Lipinski definition) is 3. The van der Waals surface area contributed by atoms with E-state index < -0.39 is 11.2 Å². The SMILES string of the molecule is CC(C)[C@H]1/C=C/[C@](C)(O)C/C=C/[C@@](C)(O)CC[C@@H]2O[C@@]2(C)CC1. The first-order valence-corrected chi connectivity index (χ1v) is 9.03. The lowest BCUT2D eigenvalue weighted by molar-refractivity contribution is 0.0932. The van der Waals surface area contributed by atoms with Crippen molar-refractivity contribution < 1.29 is 14.9 Å². The average molecular weight is 322 g/mol. The van der Waals surface area contributed by atoms with Crippen LogP contribution in [-0.4, -0.2) is 33.1 Å². The molecule has 1 saturated heterocycles. The highest BCUT2D eigenvalue weighted by Crippen LogP contribution is 2.45. The second-order valence-electron chi connectivity index (χ2n) is 8.58. The molecular formula is C20H34O3. The van der Waals surface area contributed by atoms with Crippen molar-refractivity contribution in [2.24, 2.45) is 11.8 Å². The van der Waals surface area contributed by atoms with E-state index in [-0.39, 0.29) is 11.7 Å². The molecule has 0 aromatic heterocycles. The van der Waals surface area contributed by atoms with Crippen molar-refractivity contribution in [3.63, 3.8) is 0 Å². The molecule has 1 fully saturated rings. The Kier molecular flexibility index (Phi) is 5.44. The Balaban J connectivity index is 2.16. The smallest absolute Gasteiger partial charge is 0.0920 e. The number of allylic oxidation sites excluding steroid dienone is 1. The van der Waals surface area contributed by atoms with E-state index in [0.29, 0.717) is 24.7 Å². The zero-order valence-corrected chi connectivity index (χ0v) is 15.4. The van der Waals surface area contributed by atoms with Crippen molar-refractivity contribution in [3.05, 3.63) is 24.3 Å². The minimum absolute atomic E-state index is 0.0343. The molecule has 1 aliphatic heterocycles. The van der Waals surface area contributed by atoms with Crippen molar-refractivity contribution in [1.29, 1.82) is 0 Å². The molecule has 1 aliphatic carbocycles. The molecule has 0 bridgehead atoms. The van der Waals surface area contributed by atoms with Gasteiger partial charge >= 0.3 is 0 Å². The van der Waals surface area contributed by atoms with E-state index in [4.69, 9.17) is 4.74 Å². The number of rotatable bonds is 1. The fourth-order valence-electron chi connectivity index (χ4n) is 3.44. The van der Waals surface area contributed by atoms with Crippen LogP contribution in [0.2, 0.25) is 0 Å². The molecule has 1 heterocycles. The Morgan fingerprint density at radius 2 is 1.70 bits per heavy atom. The molecule has 0 amide bonds. The molecule has 2 aliphatic rings. The molecule has 0 aromatic carbocycles. The van der Waals surface area contributed by atoms with Gasteiger partial charge in [0.15, 0.2) is 0 Å². The Bertz CT molecular complexity index is 462. The van der Waals surface area contributed by atoms with Crippen molar-refractivity contribution in [2.75, 3.05) is 0 Å². The summed E-state index contributed by atoms with van der Waals surface area (Å²) in [5.74, 6) is 1.00. The number of hydrogen-bond donors (Lipinski definition) is 2. The van der Waals surface area contributed by atoms with Crippen LogP contribution >= 0.6 is 0 Å². The fraction of sp³-hybridized carbons (Fsp3) is 0.800. The van der Waals surface area contributed by atoms with Crippen LogP contribution in [0.4, 0.5) is 0 Å². The molecule has 3 heteroatoms. The van der Waals surface area contributed by atoms with E-state index in [1.54, 1.807) is 0 Å². The van der Waals surface area contributed by atoms with Gasteiger partial charge in [0.1, 0.15) is 0 Å². The second-order valence-corrected chi connectivity index (χ2v) is 8.58. The van der Waals surface area contributed by atoms with Gasteiger partial charge in [-0.2, -0.15) is 0 Å². The van der Waals surface area contributed by atoms with E-state index in [9.17, 15) is 10.2 Å². The van der Waals surface area contributed by atoms with Crippen LogP contribution in [0.3, 0.4) is 0 Å². The van der Waals surface area contributed by atoms with Gasteiger partial charge in [-0.3, -0.25) is 0 Å². The minimum Gasteiger partial charge on any atom is -0.386 e. The maximum absolute atomic E-state index is 10.5. The summed E-state index contributed by atoms with van der Waals surface area (Å²) in [7, 11) is 0. The molecule has 0 spiro atoms. The van der Waals surface area contributed by atoms with E-state index in [1.165, 1.54) is 0 Å². The summed E-state index contributed by atoms with van der Waals surface area (Å²) in [6.07, 6.45) is 12.3. The molecule has 5 atom stereocenters. The maximum Gasteiger partial charge on any atom is 0.0920 e. The quantitative estimate of drug-likeness (QED) is 0.567. The van der Waals surface area contributed by atoms with Gasteiger partial charge in [-0.25, -0.2) is 0 Å². The third-order valence-corrected chi connectivity index (χ3v) is 5.49. The molecule has 0 radical (unpaired) electrons. The zero-order valence-electron chi connectivity index (χ0n) is 15.4. The summed E-state index contributed by atoms with van der Waals surface area (Å²) in [5, 5.41) is 21.0. The van der Waals surface area contributed by atoms with Crippen molar-refractivity contribution in [2.45, 2.75) is 89.6 Å². The number of fused-ring (bicyclic) bond motifs is 1. The highest BCUT2D eigenvalue weighted by Gasteiger charge is 2.51. The fourth-order valence-corrected chi connectivity index (χ4v) is 3.44. The third kappa shape index (κ3) is 5.44. The third-order valence-electron chi connectivity index (χ3n) is 5.49. The molecule has 23 heavy (non-hydrogen) atoms. The molecule has 0 unspecified atom stereocenters. The lowest BCUT2D eigenvalue weighted by Gasteiger charge is -2.24. The first-order valence-electron chi connectivity index (χ1n) is 9.03. The van der Waals surface area contributed by atoms with Crippen LogP contribution in [0.1, 0.15) is 66.7 Å². The van der Waals surface area contributed by atoms with Crippen LogP contribution in [0, 0.1) is 11.8 Å². The van der Waals surface area contributed by atoms with Gasteiger partial charge < -0.3 is 14.9 Å². The second kappa shape index (κ2) is 6.70. The maximum atomic E-state index is 10.5. The highest BCUT2D eigenvalue weighted by atomic mass is 16.6. The minimum atomic E-state index is -0.869. The van der Waals surface area contributed by atoms with Gasteiger partial charge in [-0.05, 0) is 64.7 Å². The molecule has 0 aromatic rings. The summed E-state index contributed by atoms with van der Waals surface area (Å²) in [4.78, 5) is 0. The lowest BCUT2D eigenvalue weighted by Crippen LogP contribution is -2.25. The van der Waals surface area contributed by atoms with Gasteiger partial charge in [0.25, 0.3) is 0 Å². The van der Waals surface area contributed by atoms with Gasteiger partial charge in [-0.15, -0.1) is 0 Å². The molecule has 132 valence electrons. The van der Waals surface area contributed by atoms with Crippen molar-refractivity contribution >= 4 is 0 Å². The zero-order chi connectivity index (χ0) is 17.3. The van der Waals surface area contributed by atoms with Crippen LogP contribution in [0.15, 0.2) is 24.3 Å². The topological polar surface area (TPSA) is 53.0 Å². The summed E-state index contributed by atoms with van der Waals surface area (Å²) in [6, 6.07) is 0. The van der Waals surface area contributed by atoms with Gasteiger partial charge in [-0.1, -0.05) is 38.2 Å². The standard InChI is InChI=1S/C20H34O3/c1-15(2)16-7-12-18(3,21)10-6-11-19(4,22)13-9-17-20(5,23-17)14-8-16/h6-7,11-12,15-17,21-22H,8-10,13-14H2,1-5H3/b11-6+,12-7+/t16-,17-,18+,19+,20-/m0/s1. The first kappa shape index (κ1) is 18.7. The Morgan fingerprint density at radius 1 is 1.00 bits per heavy atom. The summed E-state index contributed by atoms with van der Waals surface area (Å²) in [6.45, 7) is 10.3. The number of aliphatic hydroxyl groups is 2. The summed E-state index contributed by atoms with van der Waals surface area (Å²) >= 11 is 0. The average Bonchev–Trinajstić information content (AvgIpc) is 3.06. The van der Waals surface area contributed by atoms with E-state index in [2.05, 4.69) is 26.8 Å². The number of epoxide rings is 1. The lowest BCUT2D eigenvalue weighted by atomic mass is 9.84. The molecule has 2 N–H and O–H groups in total. The molecule has 2 rings (SSSR count). The van der Waals surface area contributed by atoms with E-state index >= 15 is 0 Å². The van der Waals surface area contributed by atoms with Crippen molar-refractivity contribution in [1.82, 2.24) is 0 Å². The van der Waals surface area contributed by atoms with Gasteiger partial charge in [0, 0.05) is 0 Å². The van der Waals surface area contributed by atoms with Crippen LogP contribution < -0.4 is 0 Å². The normalized spacial score (nSPS) is 48.3. The van der Waals surface area contributed by atoms with Crippen molar-refractivity contribution in [3.8, 4) is 0 Å². The van der Waals surface area contributed by atoms with Crippen LogP contribution in [0.25, 0.3) is 0 Å². The highest BCUT2D eigenvalue weighted by molar-refractivity contribution is 5.10.